The number of aryl methyl sites for hydroxylation is 1. The first-order valence-electron chi connectivity index (χ1n) is 6.61. The quantitative estimate of drug-likeness (QED) is 0.908. The molecule has 0 radical (unpaired) electrons. The van der Waals surface area contributed by atoms with E-state index in [2.05, 4.69) is 10.0 Å². The number of amides is 1. The third-order valence-corrected chi connectivity index (χ3v) is 4.80. The summed E-state index contributed by atoms with van der Waals surface area (Å²) in [5.41, 5.74) is 1.24. The molecule has 0 fully saturated rings. The Balaban J connectivity index is 2.01. The van der Waals surface area contributed by atoms with E-state index in [1.807, 2.05) is 0 Å². The summed E-state index contributed by atoms with van der Waals surface area (Å²) in [6, 6.07) is 11.6. The molecule has 0 unspecified atom stereocenters. The van der Waals surface area contributed by atoms with E-state index in [4.69, 9.17) is 4.74 Å². The minimum Gasteiger partial charge on any atom is -0.481 e. The molecule has 3 rings (SSSR count). The number of carbonyl (C=O) groups is 1. The van der Waals surface area contributed by atoms with Crippen LogP contribution in [0.3, 0.4) is 0 Å². The van der Waals surface area contributed by atoms with Crippen LogP contribution in [-0.2, 0) is 14.8 Å². The van der Waals surface area contributed by atoms with Gasteiger partial charge in [-0.1, -0.05) is 24.3 Å². The monoisotopic (exact) mass is 318 g/mol. The van der Waals surface area contributed by atoms with E-state index >= 15 is 0 Å². The first-order chi connectivity index (χ1) is 10.5. The second kappa shape index (κ2) is 5.34. The van der Waals surface area contributed by atoms with Gasteiger partial charge in [0.05, 0.1) is 10.6 Å². The highest BCUT2D eigenvalue weighted by Crippen LogP contribution is 2.36. The average molecular weight is 318 g/mol. The van der Waals surface area contributed by atoms with Gasteiger partial charge in [-0.3, -0.25) is 9.52 Å². The van der Waals surface area contributed by atoms with E-state index in [0.717, 1.165) is 0 Å². The summed E-state index contributed by atoms with van der Waals surface area (Å²) in [7, 11) is -3.75. The minimum atomic E-state index is -3.75. The van der Waals surface area contributed by atoms with E-state index < -0.39 is 10.0 Å². The number of rotatable bonds is 3. The normalized spacial score (nSPS) is 13.8. The van der Waals surface area contributed by atoms with Crippen LogP contribution in [-0.4, -0.2) is 20.9 Å². The van der Waals surface area contributed by atoms with Crippen molar-refractivity contribution in [3.63, 3.8) is 0 Å². The first kappa shape index (κ1) is 14.4. The van der Waals surface area contributed by atoms with Gasteiger partial charge >= 0.3 is 0 Å². The lowest BCUT2D eigenvalue weighted by Crippen LogP contribution is -2.26. The fraction of sp³-hybridized carbons (Fsp3) is 0.133. The molecule has 0 aliphatic carbocycles. The Bertz CT molecular complexity index is 846. The smallest absolute Gasteiger partial charge is 0.262 e. The number of hydrogen-bond donors (Lipinski definition) is 2. The Hall–Kier alpha value is -2.54. The van der Waals surface area contributed by atoms with Crippen LogP contribution in [0.4, 0.5) is 11.4 Å². The van der Waals surface area contributed by atoms with Gasteiger partial charge in [-0.2, -0.15) is 0 Å². The summed E-state index contributed by atoms with van der Waals surface area (Å²) in [6.45, 7) is 1.64. The van der Waals surface area contributed by atoms with Crippen LogP contribution in [0, 0.1) is 6.92 Å². The molecule has 114 valence electrons. The minimum absolute atomic E-state index is 0.0823. The molecule has 1 heterocycles. The Morgan fingerprint density at radius 3 is 2.68 bits per heavy atom. The number of hydrogen-bond acceptors (Lipinski definition) is 4. The van der Waals surface area contributed by atoms with Gasteiger partial charge in [-0.25, -0.2) is 8.42 Å². The number of nitrogens with one attached hydrogen (secondary N) is 2. The lowest BCUT2D eigenvalue weighted by molar-refractivity contribution is -0.118. The third kappa shape index (κ3) is 2.62. The number of sulfonamides is 1. The van der Waals surface area contributed by atoms with Crippen LogP contribution in [0.5, 0.6) is 5.75 Å². The van der Waals surface area contributed by atoms with Crippen molar-refractivity contribution in [2.75, 3.05) is 16.6 Å². The zero-order chi connectivity index (χ0) is 15.7. The Labute approximate surface area is 128 Å². The van der Waals surface area contributed by atoms with Crippen LogP contribution in [0.15, 0.2) is 47.4 Å². The second-order valence-corrected chi connectivity index (χ2v) is 6.54. The molecule has 7 heteroatoms. The van der Waals surface area contributed by atoms with Gasteiger partial charge in [0.2, 0.25) is 0 Å². The molecule has 2 N–H and O–H groups in total. The average Bonchev–Trinajstić information content (AvgIpc) is 2.48. The Kier molecular flexibility index (Phi) is 3.50. The number of fused-ring (bicyclic) bond motifs is 1. The number of carbonyl (C=O) groups excluding carboxylic acids is 1. The molecule has 0 spiro atoms. The zero-order valence-electron chi connectivity index (χ0n) is 11.8. The van der Waals surface area contributed by atoms with Gasteiger partial charge in [0, 0.05) is 0 Å². The molecule has 0 atom stereocenters. The van der Waals surface area contributed by atoms with Crippen molar-refractivity contribution in [3.05, 3.63) is 48.0 Å². The largest absolute Gasteiger partial charge is 0.481 e. The van der Waals surface area contributed by atoms with Crippen molar-refractivity contribution in [2.24, 2.45) is 0 Å². The maximum Gasteiger partial charge on any atom is 0.262 e. The van der Waals surface area contributed by atoms with Crippen molar-refractivity contribution in [2.45, 2.75) is 11.8 Å². The predicted octanol–water partition coefficient (Wildman–Crippen LogP) is 2.13. The van der Waals surface area contributed by atoms with Gasteiger partial charge in [0.1, 0.15) is 11.4 Å². The molecular formula is C15H14N2O4S. The van der Waals surface area contributed by atoms with Crippen LogP contribution in [0.1, 0.15) is 5.56 Å². The molecule has 1 aliphatic rings. The van der Waals surface area contributed by atoms with Gasteiger partial charge in [-0.05, 0) is 30.7 Å². The highest BCUT2D eigenvalue weighted by molar-refractivity contribution is 7.92. The lowest BCUT2D eigenvalue weighted by atomic mass is 10.2. The lowest BCUT2D eigenvalue weighted by Gasteiger charge is -2.21. The van der Waals surface area contributed by atoms with E-state index in [1.54, 1.807) is 43.3 Å². The van der Waals surface area contributed by atoms with E-state index in [1.165, 1.54) is 6.07 Å². The molecule has 1 amide bonds. The number of ether oxygens (including phenoxy) is 1. The fourth-order valence-electron chi connectivity index (χ4n) is 2.24. The summed E-state index contributed by atoms with van der Waals surface area (Å²) < 4.78 is 32.8. The fourth-order valence-corrected chi connectivity index (χ4v) is 3.56. The van der Waals surface area contributed by atoms with Crippen molar-refractivity contribution in [3.8, 4) is 5.75 Å². The van der Waals surface area contributed by atoms with Crippen molar-refractivity contribution in [1.29, 1.82) is 0 Å². The third-order valence-electron chi connectivity index (χ3n) is 3.28. The van der Waals surface area contributed by atoms with Crippen molar-refractivity contribution in [1.82, 2.24) is 0 Å². The molecule has 0 aromatic heterocycles. The number of anilines is 2. The SMILES string of the molecule is Cc1ccccc1S(=O)(=O)Nc1cccc2c1NC(=O)CO2. The van der Waals surface area contributed by atoms with Gasteiger partial charge in [-0.15, -0.1) is 0 Å². The van der Waals surface area contributed by atoms with E-state index in [-0.39, 0.29) is 23.1 Å². The maximum atomic E-state index is 12.5. The van der Waals surface area contributed by atoms with Gasteiger partial charge < -0.3 is 10.1 Å². The van der Waals surface area contributed by atoms with Gasteiger partial charge in [0.15, 0.2) is 6.61 Å². The molecule has 2 aromatic rings. The van der Waals surface area contributed by atoms with Crippen LogP contribution in [0.2, 0.25) is 0 Å². The van der Waals surface area contributed by atoms with E-state index in [9.17, 15) is 13.2 Å². The Morgan fingerprint density at radius 1 is 1.14 bits per heavy atom. The van der Waals surface area contributed by atoms with Crippen LogP contribution in [0.25, 0.3) is 0 Å². The van der Waals surface area contributed by atoms with Crippen molar-refractivity contribution >= 4 is 27.3 Å². The standard InChI is InChI=1S/C15H14N2O4S/c1-10-5-2-3-8-13(10)22(19,20)17-11-6-4-7-12-15(11)16-14(18)9-21-12/h2-8,17H,9H2,1H3,(H,16,18). The highest BCUT2D eigenvalue weighted by Gasteiger charge is 2.23. The molecule has 0 saturated heterocycles. The Morgan fingerprint density at radius 2 is 1.91 bits per heavy atom. The molecule has 1 aliphatic heterocycles. The first-order valence-corrected chi connectivity index (χ1v) is 8.10. The molecule has 22 heavy (non-hydrogen) atoms. The van der Waals surface area contributed by atoms with Crippen LogP contribution < -0.4 is 14.8 Å². The maximum absolute atomic E-state index is 12.5. The summed E-state index contributed by atoms with van der Waals surface area (Å²) in [5.74, 6) is 0.111. The van der Waals surface area contributed by atoms with Crippen molar-refractivity contribution < 1.29 is 17.9 Å². The molecule has 2 aromatic carbocycles. The predicted molar refractivity (Wildman–Crippen MR) is 82.6 cm³/mol. The number of benzene rings is 2. The van der Waals surface area contributed by atoms with Crippen LogP contribution >= 0.6 is 0 Å². The zero-order valence-corrected chi connectivity index (χ0v) is 12.6. The molecule has 6 nitrogen and oxygen atoms in total. The van der Waals surface area contributed by atoms with Gasteiger partial charge in [0.25, 0.3) is 15.9 Å². The summed E-state index contributed by atoms with van der Waals surface area (Å²) in [4.78, 5) is 11.6. The molecule has 0 saturated carbocycles. The molecule has 0 bridgehead atoms. The summed E-state index contributed by atoms with van der Waals surface area (Å²) in [5, 5.41) is 2.63. The highest BCUT2D eigenvalue weighted by atomic mass is 32.2. The molecular weight excluding hydrogens is 304 g/mol. The second-order valence-electron chi connectivity index (χ2n) is 4.89. The number of para-hydroxylation sites is 1. The topological polar surface area (TPSA) is 84.5 Å². The summed E-state index contributed by atoms with van der Waals surface area (Å²) in [6.07, 6.45) is 0. The summed E-state index contributed by atoms with van der Waals surface area (Å²) >= 11 is 0. The van der Waals surface area contributed by atoms with E-state index in [0.29, 0.717) is 17.0 Å².